The lowest BCUT2D eigenvalue weighted by atomic mass is 10.1. The van der Waals surface area contributed by atoms with E-state index in [1.54, 1.807) is 43.5 Å². The third-order valence-electron chi connectivity index (χ3n) is 4.30. The average molecular weight is 410 g/mol. The van der Waals surface area contributed by atoms with Gasteiger partial charge in [0.2, 0.25) is 0 Å². The highest BCUT2D eigenvalue weighted by atomic mass is 32.2. The Hall–Kier alpha value is -3.13. The number of hydrogen-bond donors (Lipinski definition) is 1. The van der Waals surface area contributed by atoms with Crippen LogP contribution in [-0.4, -0.2) is 39.3 Å². The first-order chi connectivity index (χ1) is 14.1. The van der Waals surface area contributed by atoms with Crippen LogP contribution >= 0.6 is 11.8 Å². The van der Waals surface area contributed by atoms with Crippen molar-refractivity contribution in [2.75, 3.05) is 12.9 Å². The van der Waals surface area contributed by atoms with Crippen molar-refractivity contribution in [3.05, 3.63) is 71.5 Å². The number of carbonyl (C=O) groups excluding carboxylic acids is 2. The molecule has 3 aromatic rings. The maximum atomic E-state index is 12.4. The van der Waals surface area contributed by atoms with Gasteiger partial charge in [0.25, 0.3) is 5.91 Å². The summed E-state index contributed by atoms with van der Waals surface area (Å²) in [5.74, 6) is 1.45. The third kappa shape index (κ3) is 5.23. The van der Waals surface area contributed by atoms with Gasteiger partial charge in [-0.2, -0.15) is 0 Å². The highest BCUT2D eigenvalue weighted by Crippen LogP contribution is 2.20. The van der Waals surface area contributed by atoms with Crippen LogP contribution in [0.4, 0.5) is 0 Å². The molecule has 0 unspecified atom stereocenters. The van der Waals surface area contributed by atoms with Gasteiger partial charge in [-0.1, -0.05) is 30.0 Å². The molecule has 0 fully saturated rings. The Morgan fingerprint density at radius 2 is 1.76 bits per heavy atom. The van der Waals surface area contributed by atoms with Crippen LogP contribution in [0.15, 0.2) is 59.8 Å². The number of ketones is 1. The van der Waals surface area contributed by atoms with Gasteiger partial charge in [0.05, 0.1) is 19.4 Å². The van der Waals surface area contributed by atoms with E-state index in [0.29, 0.717) is 34.4 Å². The highest BCUT2D eigenvalue weighted by molar-refractivity contribution is 7.99. The summed E-state index contributed by atoms with van der Waals surface area (Å²) in [4.78, 5) is 24.6. The number of thioether (sulfide) groups is 1. The maximum absolute atomic E-state index is 12.4. The number of aromatic nitrogens is 3. The van der Waals surface area contributed by atoms with Crippen LogP contribution in [-0.2, 0) is 13.1 Å². The molecule has 0 bridgehead atoms. The van der Waals surface area contributed by atoms with Crippen LogP contribution in [0.5, 0.6) is 5.75 Å². The molecule has 0 aliphatic carbocycles. The predicted molar refractivity (Wildman–Crippen MR) is 111 cm³/mol. The molecule has 3 rings (SSSR count). The summed E-state index contributed by atoms with van der Waals surface area (Å²) in [6, 6.07) is 16.0. The molecule has 0 aliphatic rings. The fourth-order valence-corrected chi connectivity index (χ4v) is 3.63. The van der Waals surface area contributed by atoms with Crippen molar-refractivity contribution in [3.8, 4) is 5.75 Å². The van der Waals surface area contributed by atoms with Crippen molar-refractivity contribution in [1.82, 2.24) is 20.1 Å². The first-order valence-corrected chi connectivity index (χ1v) is 10.2. The number of methoxy groups -OCH3 is 1. The van der Waals surface area contributed by atoms with Crippen LogP contribution in [0.2, 0.25) is 0 Å². The minimum absolute atomic E-state index is 0.00207. The van der Waals surface area contributed by atoms with Gasteiger partial charge in [0, 0.05) is 17.7 Å². The molecule has 0 atom stereocenters. The fourth-order valence-electron chi connectivity index (χ4n) is 2.72. The smallest absolute Gasteiger partial charge is 0.251 e. The number of nitrogens with one attached hydrogen (secondary N) is 1. The Bertz CT molecular complexity index is 971. The van der Waals surface area contributed by atoms with Gasteiger partial charge in [0.15, 0.2) is 16.8 Å². The zero-order valence-electron chi connectivity index (χ0n) is 16.3. The number of benzene rings is 2. The SMILES string of the molecule is CCn1c(CNC(=O)c2ccccc2)nnc1SCC(=O)c1ccc(OC)cc1. The Balaban J connectivity index is 1.60. The highest BCUT2D eigenvalue weighted by Gasteiger charge is 2.15. The van der Waals surface area contributed by atoms with Crippen LogP contribution in [0.3, 0.4) is 0 Å². The predicted octanol–water partition coefficient (Wildman–Crippen LogP) is 3.21. The lowest BCUT2D eigenvalue weighted by Gasteiger charge is -2.08. The van der Waals surface area contributed by atoms with Crippen LogP contribution in [0.1, 0.15) is 33.5 Å². The molecule has 2 aromatic carbocycles. The molecule has 0 radical (unpaired) electrons. The van der Waals surface area contributed by atoms with Crippen LogP contribution < -0.4 is 10.1 Å². The molecule has 0 saturated heterocycles. The first kappa shape index (κ1) is 20.6. The van der Waals surface area contributed by atoms with E-state index in [4.69, 9.17) is 4.74 Å². The molecule has 1 heterocycles. The molecule has 7 nitrogen and oxygen atoms in total. The normalized spacial score (nSPS) is 10.6. The van der Waals surface area contributed by atoms with Crippen molar-refractivity contribution in [2.45, 2.75) is 25.2 Å². The molecule has 0 aliphatic heterocycles. The van der Waals surface area contributed by atoms with Gasteiger partial charge < -0.3 is 14.6 Å². The largest absolute Gasteiger partial charge is 0.497 e. The Kier molecular flexibility index (Phi) is 7.02. The lowest BCUT2D eigenvalue weighted by Crippen LogP contribution is -2.24. The van der Waals surface area contributed by atoms with Gasteiger partial charge in [0.1, 0.15) is 5.75 Å². The van der Waals surface area contributed by atoms with Crippen LogP contribution in [0.25, 0.3) is 0 Å². The second-order valence-electron chi connectivity index (χ2n) is 6.13. The summed E-state index contributed by atoms with van der Waals surface area (Å²) in [5.41, 5.74) is 1.21. The maximum Gasteiger partial charge on any atom is 0.251 e. The van der Waals surface area contributed by atoms with E-state index in [1.807, 2.05) is 29.7 Å². The number of carbonyl (C=O) groups is 2. The number of rotatable bonds is 9. The van der Waals surface area contributed by atoms with E-state index in [2.05, 4.69) is 15.5 Å². The topological polar surface area (TPSA) is 86.1 Å². The molecule has 0 spiro atoms. The van der Waals surface area contributed by atoms with Crippen molar-refractivity contribution in [2.24, 2.45) is 0 Å². The third-order valence-corrected chi connectivity index (χ3v) is 5.26. The van der Waals surface area contributed by atoms with E-state index in [9.17, 15) is 9.59 Å². The van der Waals surface area contributed by atoms with E-state index in [-0.39, 0.29) is 24.0 Å². The van der Waals surface area contributed by atoms with Crippen molar-refractivity contribution < 1.29 is 14.3 Å². The number of Topliss-reactive ketones (excluding diaryl/α,β-unsaturated/α-hetero) is 1. The number of ether oxygens (including phenoxy) is 1. The number of hydrogen-bond acceptors (Lipinski definition) is 6. The molecular weight excluding hydrogens is 388 g/mol. The summed E-state index contributed by atoms with van der Waals surface area (Å²) in [5, 5.41) is 11.9. The summed E-state index contributed by atoms with van der Waals surface area (Å²) in [6.45, 7) is 2.88. The quantitative estimate of drug-likeness (QED) is 0.431. The standard InChI is InChI=1S/C21H22N4O3S/c1-3-25-19(13-22-20(27)16-7-5-4-6-8-16)23-24-21(25)29-14-18(26)15-9-11-17(28-2)12-10-15/h4-12H,3,13-14H2,1-2H3,(H,22,27). The second kappa shape index (κ2) is 9.88. The molecule has 1 N–H and O–H groups in total. The van der Waals surface area contributed by atoms with Gasteiger partial charge in [-0.25, -0.2) is 0 Å². The molecule has 8 heteroatoms. The van der Waals surface area contributed by atoms with Crippen molar-refractivity contribution >= 4 is 23.5 Å². The fraction of sp³-hybridized carbons (Fsp3) is 0.238. The van der Waals surface area contributed by atoms with Gasteiger partial charge >= 0.3 is 0 Å². The monoisotopic (exact) mass is 410 g/mol. The summed E-state index contributed by atoms with van der Waals surface area (Å²) < 4.78 is 7.01. The summed E-state index contributed by atoms with van der Waals surface area (Å²) in [6.07, 6.45) is 0. The van der Waals surface area contributed by atoms with Gasteiger partial charge in [-0.15, -0.1) is 10.2 Å². The zero-order chi connectivity index (χ0) is 20.6. The molecular formula is C21H22N4O3S. The second-order valence-corrected chi connectivity index (χ2v) is 7.07. The van der Waals surface area contributed by atoms with Crippen molar-refractivity contribution in [3.63, 3.8) is 0 Å². The molecule has 150 valence electrons. The van der Waals surface area contributed by atoms with Crippen LogP contribution in [0, 0.1) is 0 Å². The van der Waals surface area contributed by atoms with E-state index < -0.39 is 0 Å². The minimum Gasteiger partial charge on any atom is -0.497 e. The average Bonchev–Trinajstić information content (AvgIpc) is 3.18. The first-order valence-electron chi connectivity index (χ1n) is 9.17. The molecule has 29 heavy (non-hydrogen) atoms. The molecule has 1 aromatic heterocycles. The van der Waals surface area contributed by atoms with Gasteiger partial charge in [-0.05, 0) is 43.3 Å². The van der Waals surface area contributed by atoms with Gasteiger partial charge in [-0.3, -0.25) is 9.59 Å². The number of nitrogens with zero attached hydrogens (tertiary/aromatic N) is 3. The number of amides is 1. The van der Waals surface area contributed by atoms with E-state index in [0.717, 1.165) is 0 Å². The Morgan fingerprint density at radius 3 is 2.41 bits per heavy atom. The lowest BCUT2D eigenvalue weighted by molar-refractivity contribution is 0.0948. The molecule has 1 amide bonds. The summed E-state index contributed by atoms with van der Waals surface area (Å²) >= 11 is 1.33. The summed E-state index contributed by atoms with van der Waals surface area (Å²) in [7, 11) is 1.59. The van der Waals surface area contributed by atoms with E-state index >= 15 is 0 Å². The zero-order valence-corrected chi connectivity index (χ0v) is 17.1. The Labute approximate surface area is 173 Å². The minimum atomic E-state index is -0.167. The van der Waals surface area contributed by atoms with Crippen molar-refractivity contribution in [1.29, 1.82) is 0 Å². The molecule has 0 saturated carbocycles. The Morgan fingerprint density at radius 1 is 1.03 bits per heavy atom. The van der Waals surface area contributed by atoms with E-state index in [1.165, 1.54) is 11.8 Å².